The lowest BCUT2D eigenvalue weighted by atomic mass is 10.7. The standard InChI is InChI=1S/2C2H8N2/c2*1-2(3)4/h2*2H,3-4H2,1H3. The maximum atomic E-state index is 4.89. The van der Waals surface area contributed by atoms with Crippen LogP contribution in [0, 0.1) is 0 Å². The molecule has 0 fully saturated rings. The maximum absolute atomic E-state index is 4.89. The summed E-state index contributed by atoms with van der Waals surface area (Å²) in [6.07, 6.45) is -0.333. The van der Waals surface area contributed by atoms with Gasteiger partial charge in [0.1, 0.15) is 0 Å². The van der Waals surface area contributed by atoms with Gasteiger partial charge in [0.15, 0.2) is 0 Å². The highest BCUT2D eigenvalue weighted by atomic mass is 14.8. The molecule has 0 radical (unpaired) electrons. The Kier molecular flexibility index (Phi) is 9.20. The molecule has 0 heterocycles. The second kappa shape index (κ2) is 6.84. The van der Waals surface area contributed by atoms with Crippen LogP contribution in [0.2, 0.25) is 0 Å². The van der Waals surface area contributed by atoms with Gasteiger partial charge in [0, 0.05) is 12.3 Å². The Hall–Kier alpha value is -0.160. The third-order valence-electron chi connectivity index (χ3n) is 0. The van der Waals surface area contributed by atoms with Crippen molar-refractivity contribution in [1.82, 2.24) is 0 Å². The van der Waals surface area contributed by atoms with Crippen molar-refractivity contribution in [3.63, 3.8) is 0 Å². The highest BCUT2D eigenvalue weighted by molar-refractivity contribution is 4.29. The van der Waals surface area contributed by atoms with Gasteiger partial charge in [0.25, 0.3) is 0 Å². The molecule has 0 amide bonds. The van der Waals surface area contributed by atoms with E-state index in [-0.39, 0.29) is 12.3 Å². The Morgan fingerprint density at radius 3 is 0.750 bits per heavy atom. The van der Waals surface area contributed by atoms with E-state index >= 15 is 0 Å². The first-order chi connectivity index (χ1) is 3.46. The summed E-state index contributed by atoms with van der Waals surface area (Å²) in [6, 6.07) is 0. The van der Waals surface area contributed by atoms with Crippen LogP contribution in [0.3, 0.4) is 0 Å². The zero-order valence-electron chi connectivity index (χ0n) is 5.46. The summed E-state index contributed by atoms with van der Waals surface area (Å²) >= 11 is 0. The van der Waals surface area contributed by atoms with Crippen LogP contribution in [-0.2, 0) is 0 Å². The topological polar surface area (TPSA) is 104 Å². The Balaban J connectivity index is 0. The van der Waals surface area contributed by atoms with Crippen molar-refractivity contribution < 1.29 is 0 Å². The summed E-state index contributed by atoms with van der Waals surface area (Å²) in [6.45, 7) is 3.44. The Morgan fingerprint density at radius 1 is 0.750 bits per heavy atom. The molecule has 8 N–H and O–H groups in total. The zero-order chi connectivity index (χ0) is 7.15. The monoisotopic (exact) mass is 120 g/mol. The third kappa shape index (κ3) is 5340. The SMILES string of the molecule is CC(N)N.CC(N)N. The Bertz CT molecular complexity index is 23.5. The van der Waals surface area contributed by atoms with Crippen LogP contribution in [0.1, 0.15) is 13.8 Å². The third-order valence-corrected chi connectivity index (χ3v) is 0. The van der Waals surface area contributed by atoms with Crippen LogP contribution in [-0.4, -0.2) is 12.3 Å². The predicted octanol–water partition coefficient (Wildman–Crippen LogP) is -1.50. The average molecular weight is 120 g/mol. The normalized spacial score (nSPS) is 9.00. The van der Waals surface area contributed by atoms with E-state index in [1.807, 2.05) is 0 Å². The molecule has 8 heavy (non-hydrogen) atoms. The Labute approximate surface area is 50.2 Å². The second-order valence-corrected chi connectivity index (χ2v) is 1.72. The van der Waals surface area contributed by atoms with E-state index < -0.39 is 0 Å². The molecule has 4 nitrogen and oxygen atoms in total. The van der Waals surface area contributed by atoms with Gasteiger partial charge in [-0.05, 0) is 13.8 Å². The van der Waals surface area contributed by atoms with Gasteiger partial charge < -0.3 is 22.9 Å². The van der Waals surface area contributed by atoms with Crippen molar-refractivity contribution in [3.05, 3.63) is 0 Å². The van der Waals surface area contributed by atoms with Crippen molar-refractivity contribution >= 4 is 0 Å². The molecule has 0 aromatic heterocycles. The minimum absolute atomic E-state index is 0.167. The van der Waals surface area contributed by atoms with Crippen LogP contribution >= 0.6 is 0 Å². The first-order valence-corrected chi connectivity index (χ1v) is 2.49. The van der Waals surface area contributed by atoms with E-state index in [1.54, 1.807) is 13.8 Å². The summed E-state index contributed by atoms with van der Waals surface area (Å²) in [4.78, 5) is 0. The molecule has 4 heteroatoms. The van der Waals surface area contributed by atoms with Gasteiger partial charge in [-0.1, -0.05) is 0 Å². The van der Waals surface area contributed by atoms with E-state index in [2.05, 4.69) is 0 Å². The second-order valence-electron chi connectivity index (χ2n) is 1.72. The van der Waals surface area contributed by atoms with E-state index in [0.29, 0.717) is 0 Å². The first kappa shape index (κ1) is 10.8. The van der Waals surface area contributed by atoms with Crippen molar-refractivity contribution in [2.45, 2.75) is 26.2 Å². The van der Waals surface area contributed by atoms with Crippen molar-refractivity contribution in [1.29, 1.82) is 0 Å². The summed E-state index contributed by atoms with van der Waals surface area (Å²) < 4.78 is 0. The molecule has 0 saturated carbocycles. The smallest absolute Gasteiger partial charge is 0.0491 e. The van der Waals surface area contributed by atoms with Crippen LogP contribution < -0.4 is 22.9 Å². The quantitative estimate of drug-likeness (QED) is 0.292. The van der Waals surface area contributed by atoms with Gasteiger partial charge in [-0.2, -0.15) is 0 Å². The van der Waals surface area contributed by atoms with Crippen LogP contribution in [0.5, 0.6) is 0 Å². The minimum Gasteiger partial charge on any atom is -0.316 e. The summed E-state index contributed by atoms with van der Waals surface area (Å²) in [5.74, 6) is 0. The van der Waals surface area contributed by atoms with Gasteiger partial charge in [0.2, 0.25) is 0 Å². The minimum atomic E-state index is -0.167. The predicted molar refractivity (Wildman–Crippen MR) is 35.7 cm³/mol. The van der Waals surface area contributed by atoms with Gasteiger partial charge in [-0.3, -0.25) is 0 Å². The van der Waals surface area contributed by atoms with Crippen molar-refractivity contribution in [3.8, 4) is 0 Å². The zero-order valence-corrected chi connectivity index (χ0v) is 5.46. The number of nitrogens with two attached hydrogens (primary N) is 4. The molecule has 0 saturated heterocycles. The fourth-order valence-electron chi connectivity index (χ4n) is 0. The largest absolute Gasteiger partial charge is 0.316 e. The molecule has 0 atom stereocenters. The molecule has 0 bridgehead atoms. The van der Waals surface area contributed by atoms with E-state index in [4.69, 9.17) is 22.9 Å². The molecule has 0 aromatic rings. The van der Waals surface area contributed by atoms with Gasteiger partial charge in [-0.25, -0.2) is 0 Å². The lowest BCUT2D eigenvalue weighted by Crippen LogP contribution is -2.25. The molecule has 0 aromatic carbocycles. The van der Waals surface area contributed by atoms with E-state index in [1.165, 1.54) is 0 Å². The van der Waals surface area contributed by atoms with Crippen LogP contribution in [0.15, 0.2) is 0 Å². The molecule has 0 rings (SSSR count). The van der Waals surface area contributed by atoms with Crippen LogP contribution in [0.4, 0.5) is 0 Å². The van der Waals surface area contributed by atoms with Gasteiger partial charge >= 0.3 is 0 Å². The highest BCUT2D eigenvalue weighted by Gasteiger charge is 1.66. The molecular formula is C4H16N4. The lowest BCUT2D eigenvalue weighted by Gasteiger charge is -1.83. The van der Waals surface area contributed by atoms with Gasteiger partial charge in [-0.15, -0.1) is 0 Å². The average Bonchev–Trinajstić information content (AvgIpc) is 1.25. The van der Waals surface area contributed by atoms with Crippen LogP contribution in [0.25, 0.3) is 0 Å². The number of hydrogen-bond donors (Lipinski definition) is 4. The van der Waals surface area contributed by atoms with Gasteiger partial charge in [0.05, 0.1) is 0 Å². The van der Waals surface area contributed by atoms with E-state index in [9.17, 15) is 0 Å². The number of rotatable bonds is 0. The summed E-state index contributed by atoms with van der Waals surface area (Å²) in [7, 11) is 0. The van der Waals surface area contributed by atoms with Crippen molar-refractivity contribution in [2.24, 2.45) is 22.9 Å². The molecule has 0 aliphatic carbocycles. The molecule has 0 unspecified atom stereocenters. The highest BCUT2D eigenvalue weighted by Crippen LogP contribution is 1.41. The van der Waals surface area contributed by atoms with Crippen molar-refractivity contribution in [2.75, 3.05) is 0 Å². The lowest BCUT2D eigenvalue weighted by molar-refractivity contribution is 0.790. The molecular weight excluding hydrogens is 104 g/mol. The molecule has 52 valence electrons. The Morgan fingerprint density at radius 2 is 0.750 bits per heavy atom. The summed E-state index contributed by atoms with van der Waals surface area (Å²) in [5.41, 5.74) is 19.6. The first-order valence-electron chi connectivity index (χ1n) is 2.49. The molecule has 0 aliphatic rings. The summed E-state index contributed by atoms with van der Waals surface area (Å²) in [5, 5.41) is 0. The molecule has 0 aliphatic heterocycles. The van der Waals surface area contributed by atoms with E-state index in [0.717, 1.165) is 0 Å². The molecule has 0 spiro atoms. The fraction of sp³-hybridized carbons (Fsp3) is 1.00. The fourth-order valence-corrected chi connectivity index (χ4v) is 0. The maximum Gasteiger partial charge on any atom is 0.0491 e. The number of hydrogen-bond acceptors (Lipinski definition) is 4.